The molecule has 3 aliphatic rings. The van der Waals surface area contributed by atoms with Crippen LogP contribution in [0.5, 0.6) is 5.75 Å². The van der Waals surface area contributed by atoms with Crippen molar-refractivity contribution in [2.24, 2.45) is 0 Å². The lowest BCUT2D eigenvalue weighted by atomic mass is 10.2. The molecule has 0 radical (unpaired) electrons. The minimum Gasteiger partial charge on any atom is -0.508 e. The summed E-state index contributed by atoms with van der Waals surface area (Å²) in [7, 11) is 0. The maximum atomic E-state index is 13.1. The number of nitrogens with zero attached hydrogens (tertiary/aromatic N) is 7. The first-order valence-corrected chi connectivity index (χ1v) is 16.2. The molecule has 6 rings (SSSR count). The Kier molecular flexibility index (Phi) is 9.35. The van der Waals surface area contributed by atoms with E-state index in [1.165, 1.54) is 17.4 Å². The van der Waals surface area contributed by atoms with Crippen LogP contribution in [0.1, 0.15) is 0 Å². The molecule has 228 valence electrons. The van der Waals surface area contributed by atoms with Crippen molar-refractivity contribution in [3.8, 4) is 5.75 Å². The molecule has 0 atom stereocenters. The summed E-state index contributed by atoms with van der Waals surface area (Å²) in [6, 6.07) is 17.7. The van der Waals surface area contributed by atoms with Crippen LogP contribution in [0.25, 0.3) is 0 Å². The van der Waals surface area contributed by atoms with Crippen LogP contribution < -0.4 is 20.0 Å². The van der Waals surface area contributed by atoms with Gasteiger partial charge in [0.2, 0.25) is 5.91 Å². The van der Waals surface area contributed by atoms with E-state index in [4.69, 9.17) is 14.7 Å². The number of piperazine rings is 2. The highest BCUT2D eigenvalue weighted by molar-refractivity contribution is 7.98. The summed E-state index contributed by atoms with van der Waals surface area (Å²) >= 11 is 1.53. The lowest BCUT2D eigenvalue weighted by molar-refractivity contribution is -0.132. The number of morpholine rings is 1. The lowest BCUT2D eigenvalue weighted by Crippen LogP contribution is -2.54. The minimum absolute atomic E-state index is 0.191. The van der Waals surface area contributed by atoms with E-state index < -0.39 is 0 Å². The highest BCUT2D eigenvalue weighted by atomic mass is 32.2. The number of benzene rings is 2. The molecule has 1 aromatic heterocycles. The predicted octanol–water partition coefficient (Wildman–Crippen LogP) is 2.96. The number of rotatable bonds is 8. The van der Waals surface area contributed by atoms with Crippen LogP contribution in [0, 0.1) is 0 Å². The van der Waals surface area contributed by atoms with Crippen molar-refractivity contribution in [1.82, 2.24) is 19.8 Å². The number of phenols is 1. The average Bonchev–Trinajstić information content (AvgIpc) is 3.06. The van der Waals surface area contributed by atoms with Crippen LogP contribution in [0.4, 0.5) is 28.7 Å². The highest BCUT2D eigenvalue weighted by Gasteiger charge is 2.26. The average molecular weight is 605 g/mol. The predicted molar refractivity (Wildman–Crippen MR) is 172 cm³/mol. The molecule has 3 fully saturated rings. The Labute approximate surface area is 257 Å². The second kappa shape index (κ2) is 13.7. The molecule has 0 aliphatic carbocycles. The Hall–Kier alpha value is -3.74. The number of hydrogen-bond acceptors (Lipinski definition) is 11. The monoisotopic (exact) mass is 604 g/mol. The number of thioether (sulfide) groups is 1. The Morgan fingerprint density at radius 1 is 0.814 bits per heavy atom. The fourth-order valence-electron chi connectivity index (χ4n) is 5.76. The number of ether oxygens (including phenoxy) is 1. The van der Waals surface area contributed by atoms with Gasteiger partial charge in [-0.1, -0.05) is 11.8 Å². The normalized spacial score (nSPS) is 18.2. The maximum absolute atomic E-state index is 13.1. The molecule has 0 spiro atoms. The molecule has 3 aromatic rings. The van der Waals surface area contributed by atoms with Gasteiger partial charge in [0.1, 0.15) is 17.4 Å². The molecule has 2 N–H and O–H groups in total. The Morgan fingerprint density at radius 2 is 1.42 bits per heavy atom. The van der Waals surface area contributed by atoms with Crippen LogP contribution in [0.15, 0.2) is 59.8 Å². The number of phenolic OH excluding ortho intramolecular Hbond substituents is 1. The largest absolute Gasteiger partial charge is 0.508 e. The molecule has 0 bridgehead atoms. The van der Waals surface area contributed by atoms with Crippen molar-refractivity contribution >= 4 is 46.4 Å². The number of carbonyl (C=O) groups excluding carboxylic acids is 1. The van der Waals surface area contributed by atoms with Crippen LogP contribution >= 0.6 is 11.8 Å². The third-order valence-electron chi connectivity index (χ3n) is 8.29. The summed E-state index contributed by atoms with van der Waals surface area (Å²) in [5.41, 5.74) is 3.27. The SMILES string of the molecule is CSc1nc(Nc2ccc(N3CCOCC3)cc2)cc(N2CCN(CC(=O)N3CCN(c4ccc(O)cc4)CC3)CC2)n1. The van der Waals surface area contributed by atoms with E-state index in [2.05, 4.69) is 49.2 Å². The summed E-state index contributed by atoms with van der Waals surface area (Å²) in [5, 5.41) is 13.7. The first-order chi connectivity index (χ1) is 21.0. The summed E-state index contributed by atoms with van der Waals surface area (Å²) in [6.45, 7) is 10.1. The van der Waals surface area contributed by atoms with Crippen molar-refractivity contribution < 1.29 is 14.6 Å². The van der Waals surface area contributed by atoms with Crippen LogP contribution in [-0.2, 0) is 9.53 Å². The molecule has 4 heterocycles. The van der Waals surface area contributed by atoms with Crippen molar-refractivity contribution in [1.29, 1.82) is 0 Å². The Morgan fingerprint density at radius 3 is 2.07 bits per heavy atom. The van der Waals surface area contributed by atoms with Gasteiger partial charge in [0.05, 0.1) is 19.8 Å². The van der Waals surface area contributed by atoms with Crippen molar-refractivity contribution in [3.63, 3.8) is 0 Å². The number of anilines is 5. The third-order valence-corrected chi connectivity index (χ3v) is 8.84. The quantitative estimate of drug-likeness (QED) is 0.293. The molecule has 43 heavy (non-hydrogen) atoms. The summed E-state index contributed by atoms with van der Waals surface area (Å²) in [6.07, 6.45) is 1.99. The van der Waals surface area contributed by atoms with E-state index in [0.717, 1.165) is 93.7 Å². The molecule has 11 nitrogen and oxygen atoms in total. The molecular weight excluding hydrogens is 564 g/mol. The fraction of sp³-hybridized carbons (Fsp3) is 0.452. The van der Waals surface area contributed by atoms with Crippen molar-refractivity contribution in [2.75, 3.05) is 111 Å². The second-order valence-electron chi connectivity index (χ2n) is 11.0. The maximum Gasteiger partial charge on any atom is 0.236 e. The van der Waals surface area contributed by atoms with Gasteiger partial charge in [-0.3, -0.25) is 9.69 Å². The molecule has 12 heteroatoms. The molecule has 1 amide bonds. The van der Waals surface area contributed by atoms with Crippen LogP contribution in [-0.4, -0.2) is 122 Å². The van der Waals surface area contributed by atoms with E-state index in [1.54, 1.807) is 12.1 Å². The van der Waals surface area contributed by atoms with Gasteiger partial charge in [0, 0.05) is 88.6 Å². The third kappa shape index (κ3) is 7.43. The zero-order chi connectivity index (χ0) is 29.6. The van der Waals surface area contributed by atoms with Crippen molar-refractivity contribution in [3.05, 3.63) is 54.6 Å². The van der Waals surface area contributed by atoms with E-state index in [1.807, 2.05) is 29.4 Å². The van der Waals surface area contributed by atoms with Gasteiger partial charge >= 0.3 is 0 Å². The number of hydrogen-bond donors (Lipinski definition) is 2. The van der Waals surface area contributed by atoms with Crippen molar-refractivity contribution in [2.45, 2.75) is 5.16 Å². The number of carbonyl (C=O) groups is 1. The molecule has 3 saturated heterocycles. The summed E-state index contributed by atoms with van der Waals surface area (Å²) < 4.78 is 5.47. The smallest absolute Gasteiger partial charge is 0.236 e. The Balaban J connectivity index is 0.999. The zero-order valence-electron chi connectivity index (χ0n) is 24.7. The van der Waals surface area contributed by atoms with E-state index in [-0.39, 0.29) is 11.7 Å². The van der Waals surface area contributed by atoms with Gasteiger partial charge in [-0.25, -0.2) is 9.97 Å². The molecule has 3 aliphatic heterocycles. The van der Waals surface area contributed by atoms with Crippen LogP contribution in [0.2, 0.25) is 0 Å². The number of nitrogens with one attached hydrogen (secondary N) is 1. The summed E-state index contributed by atoms with van der Waals surface area (Å²) in [4.78, 5) is 33.7. The van der Waals surface area contributed by atoms with E-state index in [0.29, 0.717) is 19.6 Å². The van der Waals surface area contributed by atoms with Gasteiger partial charge in [0.15, 0.2) is 5.16 Å². The van der Waals surface area contributed by atoms with Gasteiger partial charge < -0.3 is 34.8 Å². The molecule has 0 saturated carbocycles. The fourth-order valence-corrected chi connectivity index (χ4v) is 6.13. The highest BCUT2D eigenvalue weighted by Crippen LogP contribution is 2.26. The molecular formula is C31H40N8O3S. The second-order valence-corrected chi connectivity index (χ2v) is 11.8. The summed E-state index contributed by atoms with van der Waals surface area (Å²) in [5.74, 6) is 2.14. The van der Waals surface area contributed by atoms with E-state index in [9.17, 15) is 9.90 Å². The number of aromatic hydroxyl groups is 1. The number of amides is 1. The Bertz CT molecular complexity index is 1350. The molecule has 2 aromatic carbocycles. The van der Waals surface area contributed by atoms with E-state index >= 15 is 0 Å². The lowest BCUT2D eigenvalue weighted by Gasteiger charge is -2.39. The zero-order valence-corrected chi connectivity index (χ0v) is 25.5. The van der Waals surface area contributed by atoms with Gasteiger partial charge in [-0.05, 0) is 54.8 Å². The minimum atomic E-state index is 0.191. The van der Waals surface area contributed by atoms with Crippen LogP contribution in [0.3, 0.4) is 0 Å². The van der Waals surface area contributed by atoms with Gasteiger partial charge in [-0.2, -0.15) is 0 Å². The standard InChI is InChI=1S/C31H40N8O3S/c1-43-31-33-28(32-24-2-4-25(5-3-24)37-18-20-42-21-19-37)22-29(34-31)38-12-10-35(11-13-38)23-30(41)39-16-14-36(15-17-39)26-6-8-27(40)9-7-26/h2-9,22,40H,10-21,23H2,1H3,(H,32,33,34). The topological polar surface area (TPSA) is 101 Å². The first kappa shape index (κ1) is 29.3. The first-order valence-electron chi connectivity index (χ1n) is 15.0. The molecule has 0 unspecified atom stereocenters. The van der Waals surface area contributed by atoms with Gasteiger partial charge in [-0.15, -0.1) is 0 Å². The number of aromatic nitrogens is 2. The van der Waals surface area contributed by atoms with Gasteiger partial charge in [0.25, 0.3) is 0 Å².